The highest BCUT2D eigenvalue weighted by atomic mass is 19.4. The molecule has 3 aliphatic rings. The molecule has 2 aromatic rings. The number of phenols is 1. The first-order valence-electron chi connectivity index (χ1n) is 11.5. The van der Waals surface area contributed by atoms with E-state index in [4.69, 9.17) is 0 Å². The van der Waals surface area contributed by atoms with Gasteiger partial charge in [-0.15, -0.1) is 0 Å². The second-order valence-electron chi connectivity index (χ2n) is 10.2. The van der Waals surface area contributed by atoms with Gasteiger partial charge in [-0.25, -0.2) is 0 Å². The van der Waals surface area contributed by atoms with E-state index in [1.165, 1.54) is 17.2 Å². The maximum Gasteiger partial charge on any atom is 0.416 e. The fraction of sp³-hybridized carbons (Fsp3) is 0.481. The molecule has 2 saturated carbocycles. The lowest BCUT2D eigenvalue weighted by atomic mass is 9.53. The van der Waals surface area contributed by atoms with E-state index < -0.39 is 17.3 Å². The van der Waals surface area contributed by atoms with Crippen LogP contribution in [0.15, 0.2) is 48.5 Å². The van der Waals surface area contributed by atoms with Crippen LogP contribution in [0.5, 0.6) is 5.75 Å². The Morgan fingerprint density at radius 1 is 1.03 bits per heavy atom. The average Bonchev–Trinajstić information content (AvgIpc) is 3.03. The monoisotopic (exact) mass is 442 g/mol. The molecule has 0 amide bonds. The van der Waals surface area contributed by atoms with Crippen LogP contribution in [0.1, 0.15) is 67.2 Å². The van der Waals surface area contributed by atoms with E-state index in [9.17, 15) is 23.4 Å². The fourth-order valence-electron chi connectivity index (χ4n) is 6.95. The van der Waals surface area contributed by atoms with Crippen molar-refractivity contribution in [2.45, 2.75) is 63.1 Å². The van der Waals surface area contributed by atoms with E-state index in [1.807, 2.05) is 6.07 Å². The molecule has 0 aromatic heterocycles. The van der Waals surface area contributed by atoms with Crippen LogP contribution in [0.2, 0.25) is 0 Å². The van der Waals surface area contributed by atoms with Crippen molar-refractivity contribution in [1.29, 1.82) is 0 Å². The third-order valence-electron chi connectivity index (χ3n) is 8.69. The molecule has 32 heavy (non-hydrogen) atoms. The van der Waals surface area contributed by atoms with Gasteiger partial charge in [0.1, 0.15) is 5.75 Å². The highest BCUT2D eigenvalue weighted by Crippen LogP contribution is 2.64. The molecule has 3 aliphatic carbocycles. The molecular formula is C27H29F3O2. The van der Waals surface area contributed by atoms with Crippen LogP contribution >= 0.6 is 0 Å². The minimum Gasteiger partial charge on any atom is -0.508 e. The second-order valence-corrected chi connectivity index (χ2v) is 10.2. The average molecular weight is 443 g/mol. The SMILES string of the molecule is CC12CCC3c4ccc(O)cc4CCC3C1CC[C@@]2(O)/C=C/c1cccc(C(F)(F)F)c1. The molecule has 0 radical (unpaired) electrons. The Hall–Kier alpha value is -2.27. The quantitative estimate of drug-likeness (QED) is 0.543. The lowest BCUT2D eigenvalue weighted by Crippen LogP contribution is -2.49. The Labute approximate surface area is 186 Å². The second kappa shape index (κ2) is 7.38. The van der Waals surface area contributed by atoms with Crippen LogP contribution in [0, 0.1) is 17.3 Å². The lowest BCUT2D eigenvalue weighted by molar-refractivity contribution is -0.137. The summed E-state index contributed by atoms with van der Waals surface area (Å²) in [5.41, 5.74) is 1.06. The summed E-state index contributed by atoms with van der Waals surface area (Å²) < 4.78 is 39.2. The van der Waals surface area contributed by atoms with Crippen molar-refractivity contribution < 1.29 is 23.4 Å². The van der Waals surface area contributed by atoms with E-state index >= 15 is 0 Å². The molecule has 2 aromatic carbocycles. The van der Waals surface area contributed by atoms with Crippen molar-refractivity contribution in [1.82, 2.24) is 0 Å². The van der Waals surface area contributed by atoms with E-state index in [0.29, 0.717) is 35.5 Å². The predicted octanol–water partition coefficient (Wildman–Crippen LogP) is 6.71. The summed E-state index contributed by atoms with van der Waals surface area (Å²) in [6, 6.07) is 11.0. The standard InChI is InChI=1S/C27H29F3O2/c1-25-12-10-22-21-8-6-20(31)16-18(21)5-7-23(22)24(25)11-14-26(25,32)13-9-17-3-2-4-19(15-17)27(28,29)30/h2-4,6,8-9,13,15-16,22-24,31-32H,5,7,10-12,14H2,1H3/b13-9+/t22?,23?,24?,25?,26-/m0/s1. The fourth-order valence-corrected chi connectivity index (χ4v) is 6.95. The first kappa shape index (κ1) is 21.6. The summed E-state index contributed by atoms with van der Waals surface area (Å²) in [5.74, 6) is 1.63. The van der Waals surface area contributed by atoms with Crippen LogP contribution < -0.4 is 0 Å². The van der Waals surface area contributed by atoms with Gasteiger partial charge in [0.2, 0.25) is 0 Å². The normalized spacial score (nSPS) is 34.2. The minimum atomic E-state index is -4.38. The van der Waals surface area contributed by atoms with Crippen molar-refractivity contribution >= 4 is 6.08 Å². The van der Waals surface area contributed by atoms with Gasteiger partial charge in [0.15, 0.2) is 0 Å². The topological polar surface area (TPSA) is 40.5 Å². The molecule has 2 fully saturated rings. The summed E-state index contributed by atoms with van der Waals surface area (Å²) in [7, 11) is 0. The first-order valence-corrected chi connectivity index (χ1v) is 11.5. The van der Waals surface area contributed by atoms with E-state index in [1.54, 1.807) is 24.3 Å². The Morgan fingerprint density at radius 3 is 2.62 bits per heavy atom. The van der Waals surface area contributed by atoms with Crippen molar-refractivity contribution in [3.8, 4) is 5.75 Å². The maximum absolute atomic E-state index is 13.1. The Morgan fingerprint density at radius 2 is 1.84 bits per heavy atom. The van der Waals surface area contributed by atoms with Crippen LogP contribution in [-0.2, 0) is 12.6 Å². The van der Waals surface area contributed by atoms with Crippen molar-refractivity contribution in [2.24, 2.45) is 17.3 Å². The van der Waals surface area contributed by atoms with Gasteiger partial charge in [-0.3, -0.25) is 0 Å². The van der Waals surface area contributed by atoms with Gasteiger partial charge < -0.3 is 10.2 Å². The highest BCUT2D eigenvalue weighted by molar-refractivity contribution is 5.53. The Kier molecular flexibility index (Phi) is 4.97. The zero-order chi connectivity index (χ0) is 22.7. The number of phenolic OH excluding ortho intramolecular Hbond substituents is 1. The number of hydrogen-bond acceptors (Lipinski definition) is 2. The molecule has 5 atom stereocenters. The van der Waals surface area contributed by atoms with Crippen LogP contribution in [0.4, 0.5) is 13.2 Å². The molecule has 2 nitrogen and oxygen atoms in total. The molecule has 5 rings (SSSR count). The van der Waals surface area contributed by atoms with Gasteiger partial charge in [0.25, 0.3) is 0 Å². The number of alkyl halides is 3. The number of aromatic hydroxyl groups is 1. The lowest BCUT2D eigenvalue weighted by Gasteiger charge is -2.52. The summed E-state index contributed by atoms with van der Waals surface area (Å²) in [5, 5.41) is 21.6. The number of aryl methyl sites for hydroxylation is 1. The molecule has 0 bridgehead atoms. The third-order valence-corrected chi connectivity index (χ3v) is 8.69. The Bertz CT molecular complexity index is 1060. The zero-order valence-electron chi connectivity index (χ0n) is 18.2. The highest BCUT2D eigenvalue weighted by Gasteiger charge is 2.60. The van der Waals surface area contributed by atoms with Gasteiger partial charge in [-0.2, -0.15) is 13.2 Å². The van der Waals surface area contributed by atoms with E-state index in [0.717, 1.165) is 44.2 Å². The Balaban J connectivity index is 1.41. The van der Waals surface area contributed by atoms with Crippen molar-refractivity contribution in [3.63, 3.8) is 0 Å². The first-order chi connectivity index (χ1) is 15.1. The van der Waals surface area contributed by atoms with Crippen LogP contribution in [0.25, 0.3) is 6.08 Å². The minimum absolute atomic E-state index is 0.291. The number of benzene rings is 2. The van der Waals surface area contributed by atoms with Gasteiger partial charge >= 0.3 is 6.18 Å². The van der Waals surface area contributed by atoms with Crippen molar-refractivity contribution in [3.05, 3.63) is 70.8 Å². The molecule has 0 aliphatic heterocycles. The van der Waals surface area contributed by atoms with Crippen LogP contribution in [-0.4, -0.2) is 15.8 Å². The number of halogens is 3. The number of aliphatic hydroxyl groups is 1. The van der Waals surface area contributed by atoms with Crippen LogP contribution in [0.3, 0.4) is 0 Å². The van der Waals surface area contributed by atoms with Gasteiger partial charge in [-0.1, -0.05) is 37.3 Å². The molecule has 170 valence electrons. The predicted molar refractivity (Wildman–Crippen MR) is 118 cm³/mol. The van der Waals surface area contributed by atoms with Gasteiger partial charge in [-0.05, 0) is 97.2 Å². The largest absolute Gasteiger partial charge is 0.508 e. The molecule has 5 heteroatoms. The molecule has 0 spiro atoms. The summed E-state index contributed by atoms with van der Waals surface area (Å²) in [6.45, 7) is 2.17. The molecule has 4 unspecified atom stereocenters. The summed E-state index contributed by atoms with van der Waals surface area (Å²) >= 11 is 0. The van der Waals surface area contributed by atoms with Gasteiger partial charge in [0, 0.05) is 5.41 Å². The number of hydrogen-bond donors (Lipinski definition) is 2. The number of fused-ring (bicyclic) bond motifs is 5. The molecular weight excluding hydrogens is 413 g/mol. The molecule has 0 saturated heterocycles. The molecule has 2 N–H and O–H groups in total. The zero-order valence-corrected chi connectivity index (χ0v) is 18.2. The smallest absolute Gasteiger partial charge is 0.416 e. The molecule has 0 heterocycles. The van der Waals surface area contributed by atoms with Crippen molar-refractivity contribution in [2.75, 3.05) is 0 Å². The van der Waals surface area contributed by atoms with E-state index in [2.05, 4.69) is 13.0 Å². The van der Waals surface area contributed by atoms with Gasteiger partial charge in [0.05, 0.1) is 11.2 Å². The third kappa shape index (κ3) is 3.37. The van der Waals surface area contributed by atoms with E-state index in [-0.39, 0.29) is 5.41 Å². The summed E-state index contributed by atoms with van der Waals surface area (Å²) in [6.07, 6.45) is 4.45. The summed E-state index contributed by atoms with van der Waals surface area (Å²) in [4.78, 5) is 0. The maximum atomic E-state index is 13.1. The number of rotatable bonds is 2.